The van der Waals surface area contributed by atoms with Gasteiger partial charge in [-0.1, -0.05) is 11.8 Å². The molecule has 0 aliphatic carbocycles. The average Bonchev–Trinajstić information content (AvgIpc) is 3.72. The van der Waals surface area contributed by atoms with E-state index in [1.54, 1.807) is 27.7 Å². The van der Waals surface area contributed by atoms with Gasteiger partial charge in [0.2, 0.25) is 11.0 Å². The Kier molecular flexibility index (Phi) is 8.89. The molecule has 0 spiro atoms. The van der Waals surface area contributed by atoms with Crippen molar-refractivity contribution in [3.05, 3.63) is 22.5 Å². The molecule has 240 valence electrons. The normalized spacial score (nSPS) is 20.2. The molecule has 22 heteroatoms. The first-order chi connectivity index (χ1) is 21.2. The molecule has 5 N–H and O–H groups in total. The first-order valence-corrected chi connectivity index (χ1v) is 16.0. The van der Waals surface area contributed by atoms with Crippen LogP contribution in [0.15, 0.2) is 22.0 Å². The molecule has 3 aliphatic heterocycles. The van der Waals surface area contributed by atoms with E-state index in [0.29, 0.717) is 10.7 Å². The summed E-state index contributed by atoms with van der Waals surface area (Å²) in [4.78, 5) is 69.4. The van der Waals surface area contributed by atoms with Gasteiger partial charge in [-0.05, 0) is 32.9 Å². The minimum atomic E-state index is -1.64. The summed E-state index contributed by atoms with van der Waals surface area (Å²) in [6.07, 6.45) is -2.42. The molecule has 2 fully saturated rings. The second-order valence-corrected chi connectivity index (χ2v) is 13.8. The van der Waals surface area contributed by atoms with Crippen LogP contribution in [0.4, 0.5) is 19.5 Å². The van der Waals surface area contributed by atoms with E-state index in [1.807, 2.05) is 0 Å². The number of hydrogen-bond acceptors (Lipinski definition) is 15. The number of carboxylic acid groups (broad SMARTS) is 1. The van der Waals surface area contributed by atoms with Crippen molar-refractivity contribution >= 4 is 75.8 Å². The van der Waals surface area contributed by atoms with Crippen LogP contribution in [0.5, 0.6) is 0 Å². The number of carbonyl (C=O) groups excluding carboxylic acids is 4. The number of rotatable bonds is 9. The summed E-state index contributed by atoms with van der Waals surface area (Å²) in [5.41, 5.74) is -1.04. The molecule has 2 aromatic heterocycles. The van der Waals surface area contributed by atoms with Gasteiger partial charge in [-0.2, -0.15) is 5.21 Å². The highest BCUT2D eigenvalue weighted by Crippen LogP contribution is 2.46. The average molecular weight is 682 g/mol. The molecule has 2 saturated heterocycles. The Morgan fingerprint density at radius 2 is 2.07 bits per heavy atom. The minimum absolute atomic E-state index is 0.0273. The maximum absolute atomic E-state index is 13.8. The number of amides is 5. The maximum atomic E-state index is 13.8. The summed E-state index contributed by atoms with van der Waals surface area (Å²) < 4.78 is 10.3. The number of fused-ring (bicyclic) bond motifs is 1. The van der Waals surface area contributed by atoms with Gasteiger partial charge in [0, 0.05) is 28.5 Å². The van der Waals surface area contributed by atoms with Crippen molar-refractivity contribution in [3.63, 3.8) is 0 Å². The lowest BCUT2D eigenvalue weighted by molar-refractivity contribution is -0.170. The molecule has 2 aromatic rings. The van der Waals surface area contributed by atoms with E-state index < -0.39 is 58.1 Å². The molecule has 2 unspecified atom stereocenters. The summed E-state index contributed by atoms with van der Waals surface area (Å²) >= 11 is 3.35. The van der Waals surface area contributed by atoms with Crippen LogP contribution in [-0.2, 0) is 19.1 Å². The van der Waals surface area contributed by atoms with Crippen LogP contribution >= 0.6 is 34.9 Å². The molecule has 3 atom stereocenters. The molecular weight excluding hydrogens is 655 g/mol. The summed E-state index contributed by atoms with van der Waals surface area (Å²) in [6.45, 7) is 7.03. The number of hydrogen-bond donors (Lipinski definition) is 5. The minimum Gasteiger partial charge on any atom is -0.449 e. The molecule has 5 amide bonds. The Bertz CT molecular complexity index is 1570. The number of thioether (sulfide) groups is 2. The van der Waals surface area contributed by atoms with E-state index in [1.165, 1.54) is 28.9 Å². The predicted molar refractivity (Wildman–Crippen MR) is 158 cm³/mol. The number of β-lactam (4-membered cyclic amide) rings is 1. The molecule has 45 heavy (non-hydrogen) atoms. The number of nitrogens with one attached hydrogen (secondary N) is 4. The second kappa shape index (κ2) is 12.5. The number of ether oxygens (including phenoxy) is 2. The molecule has 5 heterocycles. The van der Waals surface area contributed by atoms with Crippen LogP contribution in [0, 0.1) is 5.41 Å². The largest absolute Gasteiger partial charge is 0.512 e. The van der Waals surface area contributed by atoms with Crippen molar-refractivity contribution in [2.75, 3.05) is 24.2 Å². The van der Waals surface area contributed by atoms with Gasteiger partial charge >= 0.3 is 18.3 Å². The van der Waals surface area contributed by atoms with Gasteiger partial charge < -0.3 is 19.9 Å². The number of hydrazine groups is 1. The zero-order chi connectivity index (χ0) is 32.6. The lowest BCUT2D eigenvalue weighted by Gasteiger charge is -2.53. The van der Waals surface area contributed by atoms with Crippen molar-refractivity contribution in [1.82, 2.24) is 45.8 Å². The molecule has 5 rings (SSSR count). The Labute approximate surface area is 266 Å². The van der Waals surface area contributed by atoms with Crippen molar-refractivity contribution in [2.45, 2.75) is 55.1 Å². The fourth-order valence-electron chi connectivity index (χ4n) is 4.48. The van der Waals surface area contributed by atoms with Gasteiger partial charge in [0.1, 0.15) is 22.4 Å². The topological polar surface area (TPSA) is 249 Å². The maximum Gasteiger partial charge on any atom is 0.512 e. The zero-order valence-corrected chi connectivity index (χ0v) is 26.5. The standard InChI is InChI=1S/C23H27N11O8S3/c1-9(45-19-28-30-31-29-19)10-7-43-17-13(15(36)33(17)16(10)41-22(39)40)34(32-6-5-25-20(32)37)14(35)12(24)11-8-44-18(26-11)27-21(38)42-23(2,3)4/h8-9,13,17,24H,5-7H2,1-4H3,(H,25,37)(H,39,40)(H,26,27,38)(H,28,29,30,31)/t9?,13?,17-/m0/s1. The van der Waals surface area contributed by atoms with Crippen LogP contribution in [-0.4, -0.2) is 123 Å². The third kappa shape index (κ3) is 6.66. The van der Waals surface area contributed by atoms with E-state index in [-0.39, 0.29) is 35.6 Å². The molecule has 0 saturated carbocycles. The van der Waals surface area contributed by atoms with E-state index in [9.17, 15) is 29.1 Å². The highest BCUT2D eigenvalue weighted by molar-refractivity contribution is 8.01. The van der Waals surface area contributed by atoms with Crippen LogP contribution in [0.1, 0.15) is 33.4 Å². The number of tetrazole rings is 1. The molecule has 0 bridgehead atoms. The Hall–Kier alpha value is -4.44. The van der Waals surface area contributed by atoms with Crippen molar-refractivity contribution in [1.29, 1.82) is 5.41 Å². The Morgan fingerprint density at radius 3 is 2.69 bits per heavy atom. The summed E-state index contributed by atoms with van der Waals surface area (Å²) in [6, 6.07) is -1.93. The van der Waals surface area contributed by atoms with Gasteiger partial charge in [-0.15, -0.1) is 33.3 Å². The van der Waals surface area contributed by atoms with E-state index in [4.69, 9.17) is 14.9 Å². The summed E-state index contributed by atoms with van der Waals surface area (Å²) in [7, 11) is 0. The van der Waals surface area contributed by atoms with Crippen molar-refractivity contribution in [3.8, 4) is 0 Å². The lowest BCUT2D eigenvalue weighted by Crippen LogP contribution is -2.74. The van der Waals surface area contributed by atoms with E-state index in [2.05, 4.69) is 36.2 Å². The van der Waals surface area contributed by atoms with Crippen LogP contribution in [0.25, 0.3) is 0 Å². The number of carbonyl (C=O) groups is 5. The second-order valence-electron chi connectivity index (χ2n) is 10.6. The Balaban J connectivity index is 1.40. The lowest BCUT2D eigenvalue weighted by atomic mass is 10.0. The number of H-pyrrole nitrogens is 1. The van der Waals surface area contributed by atoms with Gasteiger partial charge in [0.25, 0.3) is 11.8 Å². The number of anilines is 1. The fourth-order valence-corrected chi connectivity index (χ4v) is 7.59. The van der Waals surface area contributed by atoms with Crippen molar-refractivity contribution in [2.24, 2.45) is 0 Å². The van der Waals surface area contributed by atoms with Crippen LogP contribution in [0.3, 0.4) is 0 Å². The zero-order valence-electron chi connectivity index (χ0n) is 24.1. The summed E-state index contributed by atoms with van der Waals surface area (Å²) in [5, 5.41) is 39.1. The van der Waals surface area contributed by atoms with Gasteiger partial charge in [-0.25, -0.2) is 29.4 Å². The van der Waals surface area contributed by atoms with E-state index >= 15 is 0 Å². The van der Waals surface area contributed by atoms with Gasteiger partial charge in [0.05, 0.1) is 6.54 Å². The number of nitrogens with zero attached hydrogens (tertiary/aromatic N) is 7. The monoisotopic (exact) mass is 681 g/mol. The number of thiazole rings is 1. The van der Waals surface area contributed by atoms with Gasteiger partial charge in [-0.3, -0.25) is 25.2 Å². The smallest absolute Gasteiger partial charge is 0.449 e. The third-order valence-electron chi connectivity index (χ3n) is 6.35. The van der Waals surface area contributed by atoms with Crippen LogP contribution in [0.2, 0.25) is 0 Å². The summed E-state index contributed by atoms with van der Waals surface area (Å²) in [5.74, 6) is -1.72. The SMILES string of the molecule is CC(Sc1nn[nH]n1)C1=C(OC(=O)O)N2C(=O)C(N(C(=O)C(=N)c3csc(NC(=O)OC(C)(C)C)n3)N3CCNC3=O)[C@@H]2SC1. The molecule has 3 aliphatic rings. The predicted octanol–water partition coefficient (Wildman–Crippen LogP) is 1.51. The molecule has 19 nitrogen and oxygen atoms in total. The first-order valence-electron chi connectivity index (χ1n) is 13.2. The van der Waals surface area contributed by atoms with E-state index in [0.717, 1.165) is 26.3 Å². The quantitative estimate of drug-likeness (QED) is 0.109. The van der Waals surface area contributed by atoms with Crippen molar-refractivity contribution < 1.29 is 38.6 Å². The third-order valence-corrected chi connectivity index (χ3v) is 9.42. The van der Waals surface area contributed by atoms with Crippen LogP contribution < -0.4 is 10.6 Å². The highest BCUT2D eigenvalue weighted by Gasteiger charge is 2.60. The first kappa shape index (κ1) is 32.0. The molecule has 0 aromatic carbocycles. The highest BCUT2D eigenvalue weighted by atomic mass is 32.2. The van der Waals surface area contributed by atoms with Gasteiger partial charge in [0.15, 0.2) is 11.2 Å². The fraction of sp³-hybridized carbons (Fsp3) is 0.478. The number of urea groups is 1. The number of aromatic nitrogens is 5. The number of aromatic amines is 1. The Morgan fingerprint density at radius 1 is 1.31 bits per heavy atom. The molecular formula is C23H27N11O8S3. The molecule has 0 radical (unpaired) electrons.